The number of fused-ring (bicyclic) bond motifs is 1. The molecule has 4 rings (SSSR count). The molecule has 6 nitrogen and oxygen atoms in total. The van der Waals surface area contributed by atoms with E-state index in [1.807, 2.05) is 41.8 Å². The van der Waals surface area contributed by atoms with Gasteiger partial charge in [-0.3, -0.25) is 9.97 Å². The van der Waals surface area contributed by atoms with Crippen LogP contribution in [-0.2, 0) is 6.42 Å². The molecule has 26 heavy (non-hydrogen) atoms. The third-order valence-corrected chi connectivity index (χ3v) is 4.15. The van der Waals surface area contributed by atoms with Gasteiger partial charge in [-0.25, -0.2) is 4.98 Å². The predicted molar refractivity (Wildman–Crippen MR) is 102 cm³/mol. The van der Waals surface area contributed by atoms with Crippen LogP contribution in [-0.4, -0.2) is 30.6 Å². The summed E-state index contributed by atoms with van der Waals surface area (Å²) in [6, 6.07) is 14.4. The van der Waals surface area contributed by atoms with Crippen LogP contribution in [0.3, 0.4) is 0 Å². The number of aryl methyl sites for hydroxylation is 1. The molecule has 130 valence electrons. The zero-order valence-corrected chi connectivity index (χ0v) is 14.8. The van der Waals surface area contributed by atoms with Crippen molar-refractivity contribution < 1.29 is 0 Å². The van der Waals surface area contributed by atoms with Crippen molar-refractivity contribution in [3.05, 3.63) is 72.4 Å². The van der Waals surface area contributed by atoms with Crippen molar-refractivity contribution in [2.24, 2.45) is 0 Å². The largest absolute Gasteiger partial charge is 0.367 e. The van der Waals surface area contributed by atoms with Crippen LogP contribution < -0.4 is 5.32 Å². The average Bonchev–Trinajstić information content (AvgIpc) is 3.04. The summed E-state index contributed by atoms with van der Waals surface area (Å²) in [7, 11) is 0. The summed E-state index contributed by atoms with van der Waals surface area (Å²) < 4.78 is 1.86. The van der Waals surface area contributed by atoms with Crippen LogP contribution in [0.4, 0.5) is 5.82 Å². The van der Waals surface area contributed by atoms with Gasteiger partial charge in [0.1, 0.15) is 5.82 Å². The van der Waals surface area contributed by atoms with Crippen molar-refractivity contribution in [2.45, 2.75) is 26.3 Å². The number of rotatable bonds is 5. The topological polar surface area (TPSA) is 68.0 Å². The van der Waals surface area contributed by atoms with Gasteiger partial charge in [-0.05, 0) is 13.8 Å². The smallest absolute Gasteiger partial charge is 0.158 e. The van der Waals surface area contributed by atoms with E-state index in [0.29, 0.717) is 0 Å². The van der Waals surface area contributed by atoms with Gasteiger partial charge < -0.3 is 5.32 Å². The van der Waals surface area contributed by atoms with Crippen molar-refractivity contribution in [2.75, 3.05) is 5.32 Å². The second-order valence-electron chi connectivity index (χ2n) is 6.39. The molecule has 0 saturated heterocycles. The molecular formula is C20H20N6. The summed E-state index contributed by atoms with van der Waals surface area (Å²) in [6.07, 6.45) is 5.98. The molecule has 1 unspecified atom stereocenters. The summed E-state index contributed by atoms with van der Waals surface area (Å²) >= 11 is 0. The van der Waals surface area contributed by atoms with Crippen molar-refractivity contribution >= 4 is 11.5 Å². The van der Waals surface area contributed by atoms with E-state index in [9.17, 15) is 0 Å². The molecule has 0 aliphatic rings. The van der Waals surface area contributed by atoms with Crippen LogP contribution in [0.15, 0.2) is 61.1 Å². The first-order chi connectivity index (χ1) is 12.7. The highest BCUT2D eigenvalue weighted by molar-refractivity contribution is 5.66. The second-order valence-corrected chi connectivity index (χ2v) is 6.39. The van der Waals surface area contributed by atoms with Crippen LogP contribution >= 0.6 is 0 Å². The quantitative estimate of drug-likeness (QED) is 0.600. The Hall–Kier alpha value is -3.28. The lowest BCUT2D eigenvalue weighted by Crippen LogP contribution is -2.21. The highest BCUT2D eigenvalue weighted by Crippen LogP contribution is 2.23. The normalized spacial score (nSPS) is 12.2. The minimum absolute atomic E-state index is 0.172. The molecule has 0 amide bonds. The van der Waals surface area contributed by atoms with E-state index < -0.39 is 0 Å². The number of nitrogens with one attached hydrogen (secondary N) is 1. The molecule has 0 aliphatic carbocycles. The predicted octanol–water partition coefficient (Wildman–Crippen LogP) is 3.54. The van der Waals surface area contributed by atoms with Gasteiger partial charge in [-0.1, -0.05) is 30.3 Å². The third kappa shape index (κ3) is 3.39. The molecule has 0 spiro atoms. The number of hydrogen-bond acceptors (Lipinski definition) is 5. The lowest BCUT2D eigenvalue weighted by molar-refractivity contribution is 0.749. The van der Waals surface area contributed by atoms with E-state index in [4.69, 9.17) is 4.98 Å². The number of anilines is 1. The van der Waals surface area contributed by atoms with Crippen LogP contribution in [0.25, 0.3) is 16.9 Å². The number of aromatic nitrogens is 5. The van der Waals surface area contributed by atoms with Crippen LogP contribution in [0.1, 0.15) is 18.3 Å². The molecule has 3 heterocycles. The van der Waals surface area contributed by atoms with E-state index in [-0.39, 0.29) is 6.04 Å². The maximum absolute atomic E-state index is 4.76. The maximum Gasteiger partial charge on any atom is 0.158 e. The Morgan fingerprint density at radius 1 is 1.12 bits per heavy atom. The second kappa shape index (κ2) is 6.92. The standard InChI is InChI=1S/C20H20N6/c1-14(10-17-13-21-8-9-22-17)23-20-12-18(16-6-4-3-5-7-16)24-19-11-15(2)25-26(19)20/h3-9,11-14,23H,10H2,1-2H3. The zero-order valence-electron chi connectivity index (χ0n) is 14.8. The van der Waals surface area contributed by atoms with Gasteiger partial charge in [0.15, 0.2) is 5.65 Å². The van der Waals surface area contributed by atoms with E-state index in [2.05, 4.69) is 39.4 Å². The molecule has 0 radical (unpaired) electrons. The minimum Gasteiger partial charge on any atom is -0.367 e. The van der Waals surface area contributed by atoms with Crippen LogP contribution in [0.5, 0.6) is 0 Å². The number of hydrogen-bond donors (Lipinski definition) is 1. The zero-order chi connectivity index (χ0) is 17.9. The molecular weight excluding hydrogens is 324 g/mol. The Labute approximate surface area is 152 Å². The van der Waals surface area contributed by atoms with Gasteiger partial charge >= 0.3 is 0 Å². The summed E-state index contributed by atoms with van der Waals surface area (Å²) in [5, 5.41) is 8.12. The first-order valence-corrected chi connectivity index (χ1v) is 8.63. The molecule has 4 aromatic rings. The maximum atomic E-state index is 4.76. The van der Waals surface area contributed by atoms with E-state index in [1.54, 1.807) is 18.6 Å². The Morgan fingerprint density at radius 2 is 1.96 bits per heavy atom. The minimum atomic E-state index is 0.172. The molecule has 3 aromatic heterocycles. The fraction of sp³-hybridized carbons (Fsp3) is 0.200. The van der Waals surface area contributed by atoms with Crippen molar-refractivity contribution in [1.82, 2.24) is 24.6 Å². The summed E-state index contributed by atoms with van der Waals surface area (Å²) in [6.45, 7) is 4.10. The van der Waals surface area contributed by atoms with E-state index >= 15 is 0 Å². The SMILES string of the molecule is Cc1cc2nc(-c3ccccc3)cc(NC(C)Cc3cnccn3)n2n1. The van der Waals surface area contributed by atoms with Gasteiger partial charge in [0.05, 0.1) is 17.1 Å². The fourth-order valence-corrected chi connectivity index (χ4v) is 3.00. The Balaban J connectivity index is 1.68. The van der Waals surface area contributed by atoms with Gasteiger partial charge in [0.25, 0.3) is 0 Å². The summed E-state index contributed by atoms with van der Waals surface area (Å²) in [5.41, 5.74) is 4.73. The van der Waals surface area contributed by atoms with Crippen molar-refractivity contribution in [1.29, 1.82) is 0 Å². The lowest BCUT2D eigenvalue weighted by atomic mass is 10.1. The van der Waals surface area contributed by atoms with Crippen molar-refractivity contribution in [3.8, 4) is 11.3 Å². The molecule has 0 saturated carbocycles. The summed E-state index contributed by atoms with van der Waals surface area (Å²) in [4.78, 5) is 13.2. The Bertz CT molecular complexity index is 1010. The van der Waals surface area contributed by atoms with Crippen LogP contribution in [0, 0.1) is 6.92 Å². The highest BCUT2D eigenvalue weighted by Gasteiger charge is 2.12. The monoisotopic (exact) mass is 344 g/mol. The molecule has 0 fully saturated rings. The molecule has 1 N–H and O–H groups in total. The van der Waals surface area contributed by atoms with Gasteiger partial charge in [-0.15, -0.1) is 0 Å². The van der Waals surface area contributed by atoms with Crippen LogP contribution in [0.2, 0.25) is 0 Å². The van der Waals surface area contributed by atoms with E-state index in [0.717, 1.165) is 40.5 Å². The molecule has 0 aliphatic heterocycles. The van der Waals surface area contributed by atoms with Gasteiger partial charge in [0, 0.05) is 48.7 Å². The van der Waals surface area contributed by atoms with Crippen molar-refractivity contribution in [3.63, 3.8) is 0 Å². The Morgan fingerprint density at radius 3 is 2.73 bits per heavy atom. The van der Waals surface area contributed by atoms with E-state index in [1.165, 1.54) is 0 Å². The number of benzene rings is 1. The number of nitrogens with zero attached hydrogens (tertiary/aromatic N) is 5. The third-order valence-electron chi connectivity index (χ3n) is 4.15. The average molecular weight is 344 g/mol. The van der Waals surface area contributed by atoms with Gasteiger partial charge in [-0.2, -0.15) is 9.61 Å². The lowest BCUT2D eigenvalue weighted by Gasteiger charge is -2.16. The first-order valence-electron chi connectivity index (χ1n) is 8.63. The molecule has 1 aromatic carbocycles. The molecule has 1 atom stereocenters. The van der Waals surface area contributed by atoms with Gasteiger partial charge in [0.2, 0.25) is 0 Å². The first kappa shape index (κ1) is 16.2. The fourth-order valence-electron chi connectivity index (χ4n) is 3.00. The Kier molecular flexibility index (Phi) is 4.31. The molecule has 0 bridgehead atoms. The summed E-state index contributed by atoms with van der Waals surface area (Å²) in [5.74, 6) is 0.915. The molecule has 6 heteroatoms. The highest BCUT2D eigenvalue weighted by atomic mass is 15.3.